The number of rotatable bonds is 6. The van der Waals surface area contributed by atoms with Gasteiger partial charge in [0.2, 0.25) is 0 Å². The van der Waals surface area contributed by atoms with Crippen molar-refractivity contribution in [3.05, 3.63) is 66.9 Å². The molecule has 1 N–H and O–H groups in total. The van der Waals surface area contributed by atoms with Gasteiger partial charge >= 0.3 is 0 Å². The van der Waals surface area contributed by atoms with E-state index in [1.807, 2.05) is 6.20 Å². The molecule has 0 unspecified atom stereocenters. The molecule has 0 radical (unpaired) electrons. The van der Waals surface area contributed by atoms with Crippen molar-refractivity contribution in [1.82, 2.24) is 14.8 Å². The van der Waals surface area contributed by atoms with E-state index in [1.165, 1.54) is 9.56 Å². The predicted molar refractivity (Wildman–Crippen MR) is 104 cm³/mol. The molecule has 0 bridgehead atoms. The zero-order valence-corrected chi connectivity index (χ0v) is 15.8. The first-order valence-corrected chi connectivity index (χ1v) is 9.37. The number of thiazole rings is 1. The quantitative estimate of drug-likeness (QED) is 0.679. The maximum atomic E-state index is 12.4. The van der Waals surface area contributed by atoms with Crippen LogP contribution in [0, 0.1) is 0 Å². The first-order valence-electron chi connectivity index (χ1n) is 7.79. The first-order chi connectivity index (χ1) is 12.1. The van der Waals surface area contributed by atoms with Crippen LogP contribution in [0.15, 0.2) is 41.5 Å². The fourth-order valence-electron chi connectivity index (χ4n) is 2.25. The van der Waals surface area contributed by atoms with E-state index >= 15 is 0 Å². The van der Waals surface area contributed by atoms with Gasteiger partial charge in [-0.1, -0.05) is 30.1 Å². The first kappa shape index (κ1) is 17.9. The Bertz CT molecular complexity index is 921. The third-order valence-electron chi connectivity index (χ3n) is 3.59. The van der Waals surface area contributed by atoms with Gasteiger partial charge in [0.25, 0.3) is 5.56 Å². The van der Waals surface area contributed by atoms with Gasteiger partial charge in [0.05, 0.1) is 22.6 Å². The summed E-state index contributed by atoms with van der Waals surface area (Å²) in [6.07, 6.45) is 5.21. The number of aryl methyl sites for hydroxylation is 1. The standard InChI is InChI=1S/C17H16Cl2N4OS/c1-2-13-9-21-15(25-13)7-8-20-14-10-22-23(17(24)16(14)19)12-5-3-11(18)4-6-12/h3-6,9-10,20H,2,7-8H2,1H3. The molecule has 0 aliphatic carbocycles. The summed E-state index contributed by atoms with van der Waals surface area (Å²) in [6, 6.07) is 6.83. The second-order valence-electron chi connectivity index (χ2n) is 5.32. The molecule has 0 aliphatic rings. The highest BCUT2D eigenvalue weighted by Gasteiger charge is 2.11. The van der Waals surface area contributed by atoms with Crippen molar-refractivity contribution < 1.29 is 0 Å². The fraction of sp³-hybridized carbons (Fsp3) is 0.235. The largest absolute Gasteiger partial charge is 0.382 e. The van der Waals surface area contributed by atoms with E-state index in [1.54, 1.807) is 41.8 Å². The number of hydrogen-bond acceptors (Lipinski definition) is 5. The number of halogens is 2. The van der Waals surface area contributed by atoms with E-state index in [0.717, 1.165) is 17.8 Å². The number of aromatic nitrogens is 3. The Balaban J connectivity index is 1.71. The molecular formula is C17H16Cl2N4OS. The summed E-state index contributed by atoms with van der Waals surface area (Å²) in [5.74, 6) is 0. The second-order valence-corrected chi connectivity index (χ2v) is 7.33. The van der Waals surface area contributed by atoms with Gasteiger partial charge in [-0.3, -0.25) is 4.79 Å². The van der Waals surface area contributed by atoms with Gasteiger partial charge in [-0.2, -0.15) is 9.78 Å². The third kappa shape index (κ3) is 4.21. The average Bonchev–Trinajstić information content (AvgIpc) is 3.08. The van der Waals surface area contributed by atoms with Crippen LogP contribution in [-0.2, 0) is 12.8 Å². The number of nitrogens with zero attached hydrogens (tertiary/aromatic N) is 3. The van der Waals surface area contributed by atoms with Crippen molar-refractivity contribution in [3.63, 3.8) is 0 Å². The Morgan fingerprint density at radius 3 is 2.64 bits per heavy atom. The van der Waals surface area contributed by atoms with Crippen LogP contribution in [0.1, 0.15) is 16.8 Å². The Hall–Kier alpha value is -1.89. The van der Waals surface area contributed by atoms with Gasteiger partial charge < -0.3 is 5.32 Å². The van der Waals surface area contributed by atoms with Gasteiger partial charge in [0.15, 0.2) is 0 Å². The molecule has 5 nitrogen and oxygen atoms in total. The fourth-order valence-corrected chi connectivity index (χ4v) is 3.44. The molecule has 0 fully saturated rings. The summed E-state index contributed by atoms with van der Waals surface area (Å²) in [6.45, 7) is 2.74. The Morgan fingerprint density at radius 2 is 1.96 bits per heavy atom. The van der Waals surface area contributed by atoms with Crippen molar-refractivity contribution in [3.8, 4) is 5.69 Å². The smallest absolute Gasteiger partial charge is 0.292 e. The Morgan fingerprint density at radius 1 is 1.20 bits per heavy atom. The van der Waals surface area contributed by atoms with E-state index in [2.05, 4.69) is 22.3 Å². The zero-order valence-electron chi connectivity index (χ0n) is 13.5. The molecule has 130 valence electrons. The van der Waals surface area contributed by atoms with E-state index < -0.39 is 0 Å². The van der Waals surface area contributed by atoms with Crippen LogP contribution in [-0.4, -0.2) is 21.3 Å². The Labute approximate surface area is 159 Å². The minimum absolute atomic E-state index is 0.110. The lowest BCUT2D eigenvalue weighted by Gasteiger charge is -2.10. The summed E-state index contributed by atoms with van der Waals surface area (Å²) >= 11 is 13.8. The minimum atomic E-state index is -0.378. The van der Waals surface area contributed by atoms with Crippen LogP contribution in [0.25, 0.3) is 5.69 Å². The normalized spacial score (nSPS) is 10.8. The molecule has 1 aromatic carbocycles. The summed E-state index contributed by atoms with van der Waals surface area (Å²) in [5.41, 5.74) is 0.749. The zero-order chi connectivity index (χ0) is 17.8. The van der Waals surface area contributed by atoms with Crippen LogP contribution in [0.5, 0.6) is 0 Å². The maximum absolute atomic E-state index is 12.4. The topological polar surface area (TPSA) is 59.8 Å². The lowest BCUT2D eigenvalue weighted by molar-refractivity contribution is 0.806. The summed E-state index contributed by atoms with van der Waals surface area (Å²) in [5, 5.41) is 9.10. The molecule has 0 spiro atoms. The minimum Gasteiger partial charge on any atom is -0.382 e. The highest BCUT2D eigenvalue weighted by atomic mass is 35.5. The molecule has 0 amide bonds. The van der Waals surface area contributed by atoms with Gasteiger partial charge in [0.1, 0.15) is 5.02 Å². The maximum Gasteiger partial charge on any atom is 0.292 e. The molecule has 8 heteroatoms. The van der Waals surface area contributed by atoms with Crippen LogP contribution in [0.2, 0.25) is 10.0 Å². The van der Waals surface area contributed by atoms with Crippen LogP contribution >= 0.6 is 34.5 Å². The van der Waals surface area contributed by atoms with Crippen LogP contribution < -0.4 is 10.9 Å². The monoisotopic (exact) mass is 394 g/mol. The highest BCUT2D eigenvalue weighted by Crippen LogP contribution is 2.18. The molecular weight excluding hydrogens is 379 g/mol. The van der Waals surface area contributed by atoms with Crippen molar-refractivity contribution >= 4 is 40.2 Å². The van der Waals surface area contributed by atoms with E-state index in [0.29, 0.717) is 22.9 Å². The van der Waals surface area contributed by atoms with Crippen molar-refractivity contribution in [2.24, 2.45) is 0 Å². The van der Waals surface area contributed by atoms with E-state index in [4.69, 9.17) is 23.2 Å². The van der Waals surface area contributed by atoms with Gasteiger partial charge in [-0.25, -0.2) is 4.98 Å². The molecule has 3 aromatic rings. The summed E-state index contributed by atoms with van der Waals surface area (Å²) < 4.78 is 1.25. The van der Waals surface area contributed by atoms with Crippen LogP contribution in [0.3, 0.4) is 0 Å². The molecule has 0 atom stereocenters. The van der Waals surface area contributed by atoms with Crippen molar-refractivity contribution in [2.75, 3.05) is 11.9 Å². The molecule has 0 saturated heterocycles. The number of anilines is 1. The van der Waals surface area contributed by atoms with Crippen LogP contribution in [0.4, 0.5) is 5.69 Å². The van der Waals surface area contributed by atoms with Crippen molar-refractivity contribution in [1.29, 1.82) is 0 Å². The van der Waals surface area contributed by atoms with Gasteiger partial charge in [-0.05, 0) is 30.7 Å². The third-order valence-corrected chi connectivity index (χ3v) is 5.41. The van der Waals surface area contributed by atoms with Gasteiger partial charge in [0, 0.05) is 29.1 Å². The summed E-state index contributed by atoms with van der Waals surface area (Å²) in [4.78, 5) is 18.1. The lowest BCUT2D eigenvalue weighted by Crippen LogP contribution is -2.23. The highest BCUT2D eigenvalue weighted by molar-refractivity contribution is 7.11. The molecule has 0 aliphatic heterocycles. The van der Waals surface area contributed by atoms with E-state index in [9.17, 15) is 4.79 Å². The molecule has 2 heterocycles. The number of nitrogens with one attached hydrogen (secondary N) is 1. The SMILES string of the molecule is CCc1cnc(CCNc2cnn(-c3ccc(Cl)cc3)c(=O)c2Cl)s1. The van der Waals surface area contributed by atoms with Gasteiger partial charge in [-0.15, -0.1) is 11.3 Å². The molecule has 3 rings (SSSR count). The molecule has 2 aromatic heterocycles. The Kier molecular flexibility index (Phi) is 5.73. The lowest BCUT2D eigenvalue weighted by atomic mass is 10.3. The number of hydrogen-bond donors (Lipinski definition) is 1. The average molecular weight is 395 g/mol. The predicted octanol–water partition coefficient (Wildman–Crippen LogP) is 4.21. The van der Waals surface area contributed by atoms with Crippen molar-refractivity contribution in [2.45, 2.75) is 19.8 Å². The molecule has 25 heavy (non-hydrogen) atoms. The molecule has 0 saturated carbocycles. The van der Waals surface area contributed by atoms with E-state index in [-0.39, 0.29) is 10.6 Å². The number of benzene rings is 1. The second kappa shape index (κ2) is 7.99. The summed E-state index contributed by atoms with van der Waals surface area (Å²) in [7, 11) is 0.